The van der Waals surface area contributed by atoms with E-state index in [9.17, 15) is 0 Å². The van der Waals surface area contributed by atoms with Crippen LogP contribution in [0.15, 0.2) is 24.2 Å². The van der Waals surface area contributed by atoms with Crippen molar-refractivity contribution in [2.45, 2.75) is 65.0 Å². The molecular weight excluding hydrogens is 380 g/mol. The summed E-state index contributed by atoms with van der Waals surface area (Å²) in [4.78, 5) is 8.94. The second-order valence-electron chi connectivity index (χ2n) is 8.12. The molecule has 30 heavy (non-hydrogen) atoms. The monoisotopic (exact) mass is 414 g/mol. The summed E-state index contributed by atoms with van der Waals surface area (Å²) in [7, 11) is 1.75. The number of hydrogen-bond acceptors (Lipinski definition) is 8. The minimum Gasteiger partial charge on any atom is -0.489 e. The summed E-state index contributed by atoms with van der Waals surface area (Å²) in [6.45, 7) is 6.42. The number of nitrogens with one attached hydrogen (secondary N) is 1. The third-order valence-corrected chi connectivity index (χ3v) is 5.35. The highest BCUT2D eigenvalue weighted by atomic mass is 16.5. The number of rotatable bonds is 8. The molecule has 0 amide bonds. The van der Waals surface area contributed by atoms with Crippen molar-refractivity contribution in [3.63, 3.8) is 0 Å². The van der Waals surface area contributed by atoms with Gasteiger partial charge in [0.2, 0.25) is 5.95 Å². The van der Waals surface area contributed by atoms with Gasteiger partial charge in [0.1, 0.15) is 12.1 Å². The van der Waals surface area contributed by atoms with Crippen molar-refractivity contribution in [1.82, 2.24) is 24.8 Å². The number of nitrogens with two attached hydrogens (primary N) is 2. The molecule has 3 rings (SSSR count). The number of aryl methyl sites for hydroxylation is 1. The summed E-state index contributed by atoms with van der Waals surface area (Å²) in [5.41, 5.74) is 9.12. The van der Waals surface area contributed by atoms with Crippen molar-refractivity contribution in [3.8, 4) is 5.75 Å². The molecule has 5 N–H and O–H groups in total. The lowest BCUT2D eigenvalue weighted by molar-refractivity contribution is 0.153. The van der Waals surface area contributed by atoms with Crippen LogP contribution in [-0.4, -0.2) is 44.5 Å². The van der Waals surface area contributed by atoms with Gasteiger partial charge in [-0.3, -0.25) is 0 Å². The second kappa shape index (κ2) is 9.80. The van der Waals surface area contributed by atoms with Crippen LogP contribution in [0.2, 0.25) is 0 Å². The molecule has 9 nitrogen and oxygen atoms in total. The first-order valence-corrected chi connectivity index (χ1v) is 10.6. The number of hydrazine groups is 1. The minimum atomic E-state index is 0.242. The highest BCUT2D eigenvalue weighted by Gasteiger charge is 2.17. The maximum absolute atomic E-state index is 6.43. The quantitative estimate of drug-likeness (QED) is 0.445. The smallest absolute Gasteiger partial charge is 0.242 e. The molecule has 2 aromatic heterocycles. The normalized spacial score (nSPS) is 15.8. The summed E-state index contributed by atoms with van der Waals surface area (Å²) >= 11 is 0. The zero-order valence-corrected chi connectivity index (χ0v) is 18.4. The third kappa shape index (κ3) is 5.41. The first-order chi connectivity index (χ1) is 14.3. The molecule has 0 atom stereocenters. The molecule has 0 saturated heterocycles. The van der Waals surface area contributed by atoms with Gasteiger partial charge in [0.15, 0.2) is 0 Å². The van der Waals surface area contributed by atoms with Gasteiger partial charge in [-0.05, 0) is 58.6 Å². The fraction of sp³-hybridized carbons (Fsp3) is 0.571. The molecule has 0 aliphatic heterocycles. The maximum atomic E-state index is 6.43. The Morgan fingerprint density at radius 1 is 1.30 bits per heavy atom. The van der Waals surface area contributed by atoms with E-state index in [4.69, 9.17) is 16.3 Å². The van der Waals surface area contributed by atoms with Gasteiger partial charge in [-0.25, -0.2) is 20.5 Å². The molecule has 0 spiro atoms. The molecule has 1 fully saturated rings. The fourth-order valence-corrected chi connectivity index (χ4v) is 3.51. The van der Waals surface area contributed by atoms with Crippen LogP contribution >= 0.6 is 0 Å². The van der Waals surface area contributed by atoms with Crippen molar-refractivity contribution in [3.05, 3.63) is 35.5 Å². The van der Waals surface area contributed by atoms with Gasteiger partial charge in [0, 0.05) is 13.1 Å². The van der Waals surface area contributed by atoms with Crippen LogP contribution in [0.1, 0.15) is 63.4 Å². The van der Waals surface area contributed by atoms with Gasteiger partial charge in [0.25, 0.3) is 0 Å². The Balaban J connectivity index is 1.73. The number of likely N-dealkylation sites (N-methyl/N-ethyl adjacent to an activating group) is 1. The molecule has 1 aliphatic carbocycles. The summed E-state index contributed by atoms with van der Waals surface area (Å²) < 4.78 is 7.96. The lowest BCUT2D eigenvalue weighted by Gasteiger charge is -2.24. The van der Waals surface area contributed by atoms with Crippen molar-refractivity contribution in [1.29, 1.82) is 0 Å². The Labute approximate surface area is 178 Å². The van der Waals surface area contributed by atoms with E-state index < -0.39 is 0 Å². The van der Waals surface area contributed by atoms with E-state index in [-0.39, 0.29) is 12.1 Å². The number of pyridine rings is 1. The lowest BCUT2D eigenvalue weighted by Crippen LogP contribution is -2.32. The molecule has 0 radical (unpaired) electrons. The Bertz CT molecular complexity index is 868. The fourth-order valence-electron chi connectivity index (χ4n) is 3.51. The zero-order valence-electron chi connectivity index (χ0n) is 18.4. The Morgan fingerprint density at radius 2 is 2.03 bits per heavy atom. The van der Waals surface area contributed by atoms with E-state index in [1.807, 2.05) is 32.9 Å². The van der Waals surface area contributed by atoms with Gasteiger partial charge in [-0.1, -0.05) is 6.42 Å². The number of aromatic nitrogens is 4. The number of ether oxygens (including phenoxy) is 1. The number of anilines is 1. The zero-order chi connectivity index (χ0) is 21.7. The first kappa shape index (κ1) is 21.9. The molecule has 1 aliphatic rings. The van der Waals surface area contributed by atoms with Crippen molar-refractivity contribution in [2.24, 2.45) is 11.6 Å². The van der Waals surface area contributed by atoms with Crippen molar-refractivity contribution >= 4 is 11.6 Å². The SMILES string of the molecule is Cc1nc(/C(N)=C(\CNc2ncn(C(C)C)n2)N(C)N)ccc1OC1CCCCC1. The molecule has 2 aromatic rings. The average Bonchev–Trinajstić information content (AvgIpc) is 3.19. The van der Waals surface area contributed by atoms with Gasteiger partial charge in [-0.15, -0.1) is 5.10 Å². The maximum Gasteiger partial charge on any atom is 0.242 e. The van der Waals surface area contributed by atoms with Crippen LogP contribution in [0.3, 0.4) is 0 Å². The summed E-state index contributed by atoms with van der Waals surface area (Å²) in [6, 6.07) is 4.08. The summed E-state index contributed by atoms with van der Waals surface area (Å²) in [5, 5.41) is 9.06. The Kier molecular flexibility index (Phi) is 7.15. The highest BCUT2D eigenvalue weighted by molar-refractivity contribution is 5.64. The number of nitrogens with zero attached hydrogens (tertiary/aromatic N) is 5. The Hall–Kier alpha value is -2.81. The van der Waals surface area contributed by atoms with Crippen LogP contribution in [0.4, 0.5) is 5.95 Å². The Morgan fingerprint density at radius 3 is 2.63 bits per heavy atom. The third-order valence-electron chi connectivity index (χ3n) is 5.35. The van der Waals surface area contributed by atoms with Gasteiger partial charge in [-0.2, -0.15) is 0 Å². The second-order valence-corrected chi connectivity index (χ2v) is 8.12. The molecule has 164 valence electrons. The van der Waals surface area contributed by atoms with Crippen LogP contribution in [0.5, 0.6) is 5.75 Å². The number of hydrogen-bond donors (Lipinski definition) is 3. The van der Waals surface area contributed by atoms with E-state index in [0.29, 0.717) is 29.6 Å². The summed E-state index contributed by atoms with van der Waals surface area (Å²) in [5.74, 6) is 7.39. The van der Waals surface area contributed by atoms with Crippen molar-refractivity contribution < 1.29 is 4.74 Å². The molecule has 0 aromatic carbocycles. The molecule has 0 bridgehead atoms. The molecule has 1 saturated carbocycles. The van der Waals surface area contributed by atoms with Gasteiger partial charge in [0.05, 0.1) is 35.4 Å². The van der Waals surface area contributed by atoms with Crippen molar-refractivity contribution in [2.75, 3.05) is 18.9 Å². The molecule has 2 heterocycles. The van der Waals surface area contributed by atoms with Crippen LogP contribution in [0, 0.1) is 6.92 Å². The molecular formula is C21H34N8O. The van der Waals surface area contributed by atoms with E-state index >= 15 is 0 Å². The average molecular weight is 415 g/mol. The van der Waals surface area contributed by atoms with Gasteiger partial charge < -0.3 is 20.8 Å². The van der Waals surface area contributed by atoms with E-state index in [1.54, 1.807) is 18.1 Å². The topological polar surface area (TPSA) is 120 Å². The van der Waals surface area contributed by atoms with Crippen LogP contribution < -0.4 is 21.6 Å². The standard InChI is InChI=1S/C21H34N8O/c1-14(2)29-13-25-21(27-29)24-12-18(28(4)23)20(22)17-10-11-19(15(3)26-17)30-16-8-6-5-7-9-16/h10-11,13-14,16H,5-9,12,22-23H2,1-4H3,(H,24,27)/b20-18-. The lowest BCUT2D eigenvalue weighted by atomic mass is 9.98. The predicted molar refractivity (Wildman–Crippen MR) is 118 cm³/mol. The van der Waals surface area contributed by atoms with Crippen LogP contribution in [0.25, 0.3) is 5.70 Å². The highest BCUT2D eigenvalue weighted by Crippen LogP contribution is 2.26. The minimum absolute atomic E-state index is 0.242. The predicted octanol–water partition coefficient (Wildman–Crippen LogP) is 2.82. The summed E-state index contributed by atoms with van der Waals surface area (Å²) in [6.07, 6.45) is 7.96. The van der Waals surface area contributed by atoms with Crippen LogP contribution in [-0.2, 0) is 0 Å². The molecule has 9 heteroatoms. The van der Waals surface area contributed by atoms with Gasteiger partial charge >= 0.3 is 0 Å². The first-order valence-electron chi connectivity index (χ1n) is 10.6. The van der Waals surface area contributed by atoms with E-state index in [0.717, 1.165) is 24.3 Å². The largest absolute Gasteiger partial charge is 0.489 e. The molecule has 0 unspecified atom stereocenters. The van der Waals surface area contributed by atoms with E-state index in [2.05, 4.69) is 20.4 Å². The van der Waals surface area contributed by atoms with E-state index in [1.165, 1.54) is 24.3 Å².